The minimum atomic E-state index is -0.960. The van der Waals surface area contributed by atoms with Crippen molar-refractivity contribution in [3.05, 3.63) is 0 Å². The molecule has 3 heteroatoms. The lowest BCUT2D eigenvalue weighted by atomic mass is 9.72. The van der Waals surface area contributed by atoms with E-state index in [1.54, 1.807) is 0 Å². The summed E-state index contributed by atoms with van der Waals surface area (Å²) in [6, 6.07) is 0. The van der Waals surface area contributed by atoms with Crippen LogP contribution in [0.5, 0.6) is 0 Å². The minimum absolute atomic E-state index is 0.0749. The molecule has 0 aromatic heterocycles. The zero-order valence-corrected chi connectivity index (χ0v) is 7.70. The summed E-state index contributed by atoms with van der Waals surface area (Å²) >= 11 is 0. The Labute approximate surface area is 73.0 Å². The third-order valence-corrected chi connectivity index (χ3v) is 2.86. The van der Waals surface area contributed by atoms with Crippen molar-refractivity contribution < 1.29 is 15.3 Å². The van der Waals surface area contributed by atoms with Crippen LogP contribution in [0.3, 0.4) is 0 Å². The van der Waals surface area contributed by atoms with Gasteiger partial charge < -0.3 is 15.3 Å². The average molecular weight is 174 g/mol. The summed E-state index contributed by atoms with van der Waals surface area (Å²) in [5, 5.41) is 28.3. The lowest BCUT2D eigenvalue weighted by Gasteiger charge is -2.41. The largest absolute Gasteiger partial charge is 0.393 e. The van der Waals surface area contributed by atoms with Crippen LogP contribution >= 0.6 is 0 Å². The molecule has 12 heavy (non-hydrogen) atoms. The highest BCUT2D eigenvalue weighted by Crippen LogP contribution is 2.35. The highest BCUT2D eigenvalue weighted by Gasteiger charge is 2.40. The summed E-state index contributed by atoms with van der Waals surface area (Å²) < 4.78 is 0. The van der Waals surface area contributed by atoms with Gasteiger partial charge in [-0.1, -0.05) is 13.8 Å². The van der Waals surface area contributed by atoms with Crippen molar-refractivity contribution in [1.29, 1.82) is 0 Å². The van der Waals surface area contributed by atoms with E-state index >= 15 is 0 Å². The smallest absolute Gasteiger partial charge is 0.0884 e. The molecule has 1 fully saturated rings. The predicted molar refractivity (Wildman–Crippen MR) is 45.6 cm³/mol. The van der Waals surface area contributed by atoms with Gasteiger partial charge in [-0.3, -0.25) is 0 Å². The van der Waals surface area contributed by atoms with Gasteiger partial charge in [-0.25, -0.2) is 0 Å². The first-order valence-electron chi connectivity index (χ1n) is 4.50. The summed E-state index contributed by atoms with van der Waals surface area (Å²) in [6.45, 7) is 3.61. The maximum absolute atomic E-state index is 9.78. The summed E-state index contributed by atoms with van der Waals surface area (Å²) in [6.07, 6.45) is 0.654. The Hall–Kier alpha value is -0.120. The van der Waals surface area contributed by atoms with Crippen molar-refractivity contribution in [2.24, 2.45) is 11.8 Å². The summed E-state index contributed by atoms with van der Waals surface area (Å²) in [5.41, 5.74) is -0.960. The van der Waals surface area contributed by atoms with Crippen molar-refractivity contribution in [3.63, 3.8) is 0 Å². The van der Waals surface area contributed by atoms with Gasteiger partial charge in [0, 0.05) is 0 Å². The molecular weight excluding hydrogens is 156 g/mol. The van der Waals surface area contributed by atoms with Gasteiger partial charge in [-0.15, -0.1) is 0 Å². The van der Waals surface area contributed by atoms with Gasteiger partial charge >= 0.3 is 0 Å². The molecule has 72 valence electrons. The second kappa shape index (κ2) is 3.32. The van der Waals surface area contributed by atoms with Crippen molar-refractivity contribution >= 4 is 0 Å². The number of aliphatic hydroxyl groups is 3. The van der Waals surface area contributed by atoms with E-state index in [1.807, 2.05) is 13.8 Å². The van der Waals surface area contributed by atoms with E-state index in [0.717, 1.165) is 0 Å². The van der Waals surface area contributed by atoms with Gasteiger partial charge in [0.2, 0.25) is 0 Å². The van der Waals surface area contributed by atoms with E-state index in [4.69, 9.17) is 5.11 Å². The Morgan fingerprint density at radius 1 is 1.25 bits per heavy atom. The molecule has 0 radical (unpaired) electrons. The van der Waals surface area contributed by atoms with E-state index in [-0.39, 0.29) is 24.5 Å². The van der Waals surface area contributed by atoms with Crippen LogP contribution in [-0.4, -0.2) is 33.6 Å². The Balaban J connectivity index is 2.65. The molecule has 1 saturated carbocycles. The van der Waals surface area contributed by atoms with Crippen LogP contribution in [0.1, 0.15) is 26.7 Å². The quantitative estimate of drug-likeness (QED) is 0.530. The van der Waals surface area contributed by atoms with Gasteiger partial charge in [-0.05, 0) is 24.7 Å². The minimum Gasteiger partial charge on any atom is -0.393 e. The first-order chi connectivity index (χ1) is 5.48. The van der Waals surface area contributed by atoms with E-state index in [0.29, 0.717) is 12.8 Å². The Bertz CT molecular complexity index is 146. The van der Waals surface area contributed by atoms with Crippen LogP contribution in [0.2, 0.25) is 0 Å². The maximum atomic E-state index is 9.78. The summed E-state index contributed by atoms with van der Waals surface area (Å²) in [4.78, 5) is 0. The van der Waals surface area contributed by atoms with Crippen LogP contribution < -0.4 is 0 Å². The number of hydrogen-bond donors (Lipinski definition) is 3. The normalized spacial score (nSPS) is 49.2. The van der Waals surface area contributed by atoms with Crippen molar-refractivity contribution in [2.45, 2.75) is 38.4 Å². The molecule has 0 amide bonds. The highest BCUT2D eigenvalue weighted by atomic mass is 16.3. The molecule has 0 spiro atoms. The first-order valence-corrected chi connectivity index (χ1v) is 4.50. The monoisotopic (exact) mass is 174 g/mol. The molecule has 1 rings (SSSR count). The van der Waals surface area contributed by atoms with E-state index in [9.17, 15) is 10.2 Å². The second-order valence-corrected chi connectivity index (χ2v) is 4.24. The third kappa shape index (κ3) is 1.79. The molecule has 0 aromatic rings. The molecule has 2 atom stereocenters. The lowest BCUT2D eigenvalue weighted by molar-refractivity contribution is -0.110. The fourth-order valence-corrected chi connectivity index (χ4v) is 2.21. The van der Waals surface area contributed by atoms with Crippen LogP contribution in [0.25, 0.3) is 0 Å². The Morgan fingerprint density at radius 2 is 1.67 bits per heavy atom. The second-order valence-electron chi connectivity index (χ2n) is 4.24. The number of rotatable bonds is 1. The molecule has 1 aliphatic carbocycles. The average Bonchev–Trinajstić information content (AvgIpc) is 2.00. The zero-order chi connectivity index (χ0) is 9.35. The molecule has 0 bridgehead atoms. The lowest BCUT2D eigenvalue weighted by Crippen LogP contribution is -2.47. The van der Waals surface area contributed by atoms with Crippen molar-refractivity contribution in [2.75, 3.05) is 6.61 Å². The topological polar surface area (TPSA) is 60.7 Å². The number of aliphatic hydroxyl groups excluding tert-OH is 2. The number of hydrogen-bond acceptors (Lipinski definition) is 3. The molecule has 1 aliphatic rings. The maximum Gasteiger partial charge on any atom is 0.0884 e. The molecular formula is C9H18O3. The van der Waals surface area contributed by atoms with Crippen molar-refractivity contribution in [3.8, 4) is 0 Å². The van der Waals surface area contributed by atoms with Crippen LogP contribution in [-0.2, 0) is 0 Å². The van der Waals surface area contributed by atoms with E-state index in [2.05, 4.69) is 0 Å². The van der Waals surface area contributed by atoms with E-state index in [1.165, 1.54) is 0 Å². The molecule has 0 heterocycles. The molecule has 3 N–H and O–H groups in total. The van der Waals surface area contributed by atoms with E-state index < -0.39 is 5.60 Å². The molecule has 0 aromatic carbocycles. The third-order valence-electron chi connectivity index (χ3n) is 2.86. The van der Waals surface area contributed by atoms with Gasteiger partial charge in [0.25, 0.3) is 0 Å². The van der Waals surface area contributed by atoms with Crippen LogP contribution in [0.15, 0.2) is 0 Å². The molecule has 3 nitrogen and oxygen atoms in total. The zero-order valence-electron chi connectivity index (χ0n) is 7.70. The molecule has 0 unspecified atom stereocenters. The molecule has 0 saturated heterocycles. The van der Waals surface area contributed by atoms with Gasteiger partial charge in [0.1, 0.15) is 0 Å². The van der Waals surface area contributed by atoms with Gasteiger partial charge in [-0.2, -0.15) is 0 Å². The van der Waals surface area contributed by atoms with Gasteiger partial charge in [0.15, 0.2) is 0 Å². The standard InChI is InChI=1S/C9H18O3/c1-6-3-9(12,5-10)4-7(2)8(6)11/h6-8,10-12H,3-5H2,1-2H3/t6-,7-,8-,9+/m1/s1. The summed E-state index contributed by atoms with van der Waals surface area (Å²) in [5.74, 6) is 0.150. The SMILES string of the molecule is C[C@@H]1C[C@](O)(CO)C[C@@H](C)[C@H]1O. The highest BCUT2D eigenvalue weighted by molar-refractivity contribution is 4.91. The predicted octanol–water partition coefficient (Wildman–Crippen LogP) is 0.137. The Morgan fingerprint density at radius 3 is 2.00 bits per heavy atom. The fraction of sp³-hybridized carbons (Fsp3) is 1.00. The first kappa shape index (κ1) is 9.96. The van der Waals surface area contributed by atoms with Gasteiger partial charge in [0.05, 0.1) is 18.3 Å². The fourth-order valence-electron chi connectivity index (χ4n) is 2.21. The van der Waals surface area contributed by atoms with Crippen molar-refractivity contribution in [1.82, 2.24) is 0 Å². The van der Waals surface area contributed by atoms with Crippen LogP contribution in [0, 0.1) is 11.8 Å². The van der Waals surface area contributed by atoms with Crippen LogP contribution in [0.4, 0.5) is 0 Å². The summed E-state index contributed by atoms with van der Waals surface area (Å²) in [7, 11) is 0. The Kier molecular flexibility index (Phi) is 2.76. The molecule has 0 aliphatic heterocycles.